The van der Waals surface area contributed by atoms with Crippen LogP contribution in [0.1, 0.15) is 27.2 Å². The fourth-order valence-electron chi connectivity index (χ4n) is 1.43. The lowest BCUT2D eigenvalue weighted by atomic mass is 10.0. The van der Waals surface area contributed by atoms with Crippen LogP contribution in [0, 0.1) is 5.92 Å². The molecule has 0 aromatic carbocycles. The summed E-state index contributed by atoms with van der Waals surface area (Å²) in [5.74, 6) is -1.29. The Balaban J connectivity index is 4.36. The summed E-state index contributed by atoms with van der Waals surface area (Å²) in [4.78, 5) is 23.6. The van der Waals surface area contributed by atoms with E-state index in [4.69, 9.17) is 5.11 Å². The van der Waals surface area contributed by atoms with Crippen molar-refractivity contribution in [2.45, 2.75) is 27.2 Å². The standard InChI is InChI=1S/C11H19NO3/c1-5-12(7-10(13)14)11(15)9(4)6-8(2)3/h9H,2,5-7H2,1,3-4H3,(H,13,14). The van der Waals surface area contributed by atoms with E-state index in [0.717, 1.165) is 5.57 Å². The van der Waals surface area contributed by atoms with Gasteiger partial charge in [-0.2, -0.15) is 0 Å². The molecule has 0 saturated carbocycles. The minimum Gasteiger partial charge on any atom is -0.480 e. The van der Waals surface area contributed by atoms with Gasteiger partial charge in [0.05, 0.1) is 0 Å². The molecule has 0 aliphatic heterocycles. The van der Waals surface area contributed by atoms with Crippen LogP contribution < -0.4 is 0 Å². The van der Waals surface area contributed by atoms with Gasteiger partial charge in [-0.25, -0.2) is 0 Å². The monoisotopic (exact) mass is 213 g/mol. The van der Waals surface area contributed by atoms with Gasteiger partial charge < -0.3 is 10.0 Å². The van der Waals surface area contributed by atoms with E-state index in [9.17, 15) is 9.59 Å². The molecular formula is C11H19NO3. The Morgan fingerprint density at radius 3 is 2.33 bits per heavy atom. The molecule has 15 heavy (non-hydrogen) atoms. The lowest BCUT2D eigenvalue weighted by molar-refractivity contribution is -0.145. The summed E-state index contributed by atoms with van der Waals surface area (Å²) in [6.07, 6.45) is 0.606. The second-order valence-corrected chi connectivity index (χ2v) is 3.81. The number of allylic oxidation sites excluding steroid dienone is 1. The molecule has 1 unspecified atom stereocenters. The number of nitrogens with zero attached hydrogens (tertiary/aromatic N) is 1. The highest BCUT2D eigenvalue weighted by Crippen LogP contribution is 2.12. The molecule has 0 aliphatic carbocycles. The van der Waals surface area contributed by atoms with E-state index in [1.54, 1.807) is 13.8 Å². The molecule has 0 saturated heterocycles. The van der Waals surface area contributed by atoms with Crippen LogP contribution in [0.3, 0.4) is 0 Å². The van der Waals surface area contributed by atoms with E-state index in [2.05, 4.69) is 6.58 Å². The Kier molecular flexibility index (Phi) is 5.67. The number of carbonyl (C=O) groups excluding carboxylic acids is 1. The predicted molar refractivity (Wildman–Crippen MR) is 58.5 cm³/mol. The maximum absolute atomic E-state index is 11.8. The van der Waals surface area contributed by atoms with E-state index in [0.29, 0.717) is 13.0 Å². The van der Waals surface area contributed by atoms with Crippen molar-refractivity contribution in [2.75, 3.05) is 13.1 Å². The third-order valence-corrected chi connectivity index (χ3v) is 2.10. The zero-order chi connectivity index (χ0) is 12.0. The molecule has 0 heterocycles. The van der Waals surface area contributed by atoms with Gasteiger partial charge in [0.1, 0.15) is 6.54 Å². The summed E-state index contributed by atoms with van der Waals surface area (Å²) < 4.78 is 0. The Morgan fingerprint density at radius 1 is 1.47 bits per heavy atom. The van der Waals surface area contributed by atoms with Crippen LogP contribution in [0.25, 0.3) is 0 Å². The fourth-order valence-corrected chi connectivity index (χ4v) is 1.43. The van der Waals surface area contributed by atoms with E-state index in [-0.39, 0.29) is 18.4 Å². The first-order valence-electron chi connectivity index (χ1n) is 5.03. The molecule has 0 spiro atoms. The number of likely N-dealkylation sites (N-methyl/N-ethyl adjacent to an activating group) is 1. The van der Waals surface area contributed by atoms with Gasteiger partial charge in [-0.3, -0.25) is 9.59 Å². The number of amides is 1. The molecule has 0 rings (SSSR count). The highest BCUT2D eigenvalue weighted by molar-refractivity contribution is 5.83. The van der Waals surface area contributed by atoms with Gasteiger partial charge in [0.25, 0.3) is 0 Å². The molecule has 1 atom stereocenters. The highest BCUT2D eigenvalue weighted by atomic mass is 16.4. The molecule has 0 bridgehead atoms. The second kappa shape index (κ2) is 6.22. The maximum atomic E-state index is 11.8. The van der Waals surface area contributed by atoms with Gasteiger partial charge in [-0.05, 0) is 20.3 Å². The molecule has 4 nitrogen and oxygen atoms in total. The Bertz CT molecular complexity index is 261. The molecule has 0 aromatic heterocycles. The van der Waals surface area contributed by atoms with Crippen LogP contribution in [-0.4, -0.2) is 35.0 Å². The van der Waals surface area contributed by atoms with E-state index >= 15 is 0 Å². The van der Waals surface area contributed by atoms with Crippen LogP contribution in [0.4, 0.5) is 0 Å². The van der Waals surface area contributed by atoms with Crippen molar-refractivity contribution in [3.05, 3.63) is 12.2 Å². The topological polar surface area (TPSA) is 57.6 Å². The van der Waals surface area contributed by atoms with E-state index in [1.807, 2.05) is 6.92 Å². The Hall–Kier alpha value is -1.32. The number of rotatable bonds is 6. The van der Waals surface area contributed by atoms with Crippen molar-refractivity contribution in [1.29, 1.82) is 0 Å². The number of carbonyl (C=O) groups is 2. The van der Waals surface area contributed by atoms with Crippen molar-refractivity contribution in [1.82, 2.24) is 4.90 Å². The summed E-state index contributed by atoms with van der Waals surface area (Å²) in [6, 6.07) is 0. The van der Waals surface area contributed by atoms with Crippen molar-refractivity contribution in [3.63, 3.8) is 0 Å². The zero-order valence-electron chi connectivity index (χ0n) is 9.62. The maximum Gasteiger partial charge on any atom is 0.323 e. The number of aliphatic carboxylic acids is 1. The van der Waals surface area contributed by atoms with E-state index < -0.39 is 5.97 Å². The average Bonchev–Trinajstić information content (AvgIpc) is 2.11. The summed E-state index contributed by atoms with van der Waals surface area (Å²) in [7, 11) is 0. The molecule has 1 amide bonds. The summed E-state index contributed by atoms with van der Waals surface area (Å²) in [6.45, 7) is 9.36. The molecule has 0 radical (unpaired) electrons. The average molecular weight is 213 g/mol. The van der Waals surface area contributed by atoms with Crippen LogP contribution in [0.15, 0.2) is 12.2 Å². The summed E-state index contributed by atoms with van der Waals surface area (Å²) >= 11 is 0. The van der Waals surface area contributed by atoms with Gasteiger partial charge in [0, 0.05) is 12.5 Å². The largest absolute Gasteiger partial charge is 0.480 e. The second-order valence-electron chi connectivity index (χ2n) is 3.81. The molecule has 86 valence electrons. The van der Waals surface area contributed by atoms with Gasteiger partial charge >= 0.3 is 5.97 Å². The SMILES string of the molecule is C=C(C)CC(C)C(=O)N(CC)CC(=O)O. The quantitative estimate of drug-likeness (QED) is 0.680. The lowest BCUT2D eigenvalue weighted by Gasteiger charge is -2.22. The van der Waals surface area contributed by atoms with Gasteiger partial charge in [-0.15, -0.1) is 6.58 Å². The number of hydrogen-bond donors (Lipinski definition) is 1. The Morgan fingerprint density at radius 2 is 2.00 bits per heavy atom. The van der Waals surface area contributed by atoms with Crippen LogP contribution >= 0.6 is 0 Å². The van der Waals surface area contributed by atoms with Gasteiger partial charge in [0.2, 0.25) is 5.91 Å². The minimum atomic E-state index is -0.979. The number of carboxylic acids is 1. The smallest absolute Gasteiger partial charge is 0.323 e. The summed E-state index contributed by atoms with van der Waals surface area (Å²) in [5, 5.41) is 8.62. The van der Waals surface area contributed by atoms with Crippen LogP contribution in [0.2, 0.25) is 0 Å². The van der Waals surface area contributed by atoms with Crippen molar-refractivity contribution >= 4 is 11.9 Å². The first-order chi connectivity index (χ1) is 6.88. The zero-order valence-corrected chi connectivity index (χ0v) is 9.62. The van der Waals surface area contributed by atoms with Gasteiger partial charge in [0.15, 0.2) is 0 Å². The highest BCUT2D eigenvalue weighted by Gasteiger charge is 2.20. The summed E-state index contributed by atoms with van der Waals surface area (Å²) in [5.41, 5.74) is 0.933. The van der Waals surface area contributed by atoms with Crippen molar-refractivity contribution < 1.29 is 14.7 Å². The molecule has 0 fully saturated rings. The number of hydrogen-bond acceptors (Lipinski definition) is 2. The van der Waals surface area contributed by atoms with Crippen LogP contribution in [-0.2, 0) is 9.59 Å². The molecular weight excluding hydrogens is 194 g/mol. The van der Waals surface area contributed by atoms with Crippen molar-refractivity contribution in [3.8, 4) is 0 Å². The Labute approximate surface area is 90.6 Å². The minimum absolute atomic E-state index is 0.122. The first kappa shape index (κ1) is 13.7. The number of carboxylic acid groups (broad SMARTS) is 1. The molecule has 4 heteroatoms. The third kappa shape index (κ3) is 5.20. The van der Waals surface area contributed by atoms with Crippen molar-refractivity contribution in [2.24, 2.45) is 5.92 Å². The van der Waals surface area contributed by atoms with Crippen LogP contribution in [0.5, 0.6) is 0 Å². The van der Waals surface area contributed by atoms with Gasteiger partial charge in [-0.1, -0.05) is 12.5 Å². The fraction of sp³-hybridized carbons (Fsp3) is 0.636. The predicted octanol–water partition coefficient (Wildman–Crippen LogP) is 1.52. The molecule has 1 N–H and O–H groups in total. The molecule has 0 aliphatic rings. The first-order valence-corrected chi connectivity index (χ1v) is 5.03. The third-order valence-electron chi connectivity index (χ3n) is 2.10. The van der Waals surface area contributed by atoms with E-state index in [1.165, 1.54) is 4.90 Å². The lowest BCUT2D eigenvalue weighted by Crippen LogP contribution is -2.38. The normalized spacial score (nSPS) is 11.9. The molecule has 0 aromatic rings.